The van der Waals surface area contributed by atoms with Gasteiger partial charge in [-0.2, -0.15) is 0 Å². The number of hydrogen-bond acceptors (Lipinski definition) is 3. The monoisotopic (exact) mass is 295 g/mol. The molecular formula is C14H15Cl2N3. The van der Waals surface area contributed by atoms with Crippen molar-refractivity contribution >= 4 is 40.5 Å². The molecule has 2 rings (SSSR count). The molecule has 100 valence electrons. The Bertz CT molecular complexity index is 612. The number of pyridine rings is 1. The van der Waals surface area contributed by atoms with Crippen molar-refractivity contribution in [3.63, 3.8) is 0 Å². The first-order valence-corrected chi connectivity index (χ1v) is 6.65. The highest BCUT2D eigenvalue weighted by Crippen LogP contribution is 2.31. The number of benzene rings is 1. The number of hydrogen-bond donors (Lipinski definition) is 2. The minimum Gasteiger partial charge on any atom is -0.372 e. The average molecular weight is 296 g/mol. The van der Waals surface area contributed by atoms with Crippen LogP contribution in [0.4, 0.5) is 17.3 Å². The van der Waals surface area contributed by atoms with Crippen LogP contribution in [0.15, 0.2) is 24.3 Å². The molecule has 0 aliphatic carbocycles. The van der Waals surface area contributed by atoms with Crippen molar-refractivity contribution in [2.75, 3.05) is 17.7 Å². The lowest BCUT2D eigenvalue weighted by Gasteiger charge is -2.13. The van der Waals surface area contributed by atoms with E-state index in [1.807, 2.05) is 12.1 Å². The fraction of sp³-hybridized carbons (Fsp3) is 0.214. The van der Waals surface area contributed by atoms with Crippen molar-refractivity contribution in [2.24, 2.45) is 0 Å². The first kappa shape index (κ1) is 14.0. The third-order valence-electron chi connectivity index (χ3n) is 3.02. The summed E-state index contributed by atoms with van der Waals surface area (Å²) >= 11 is 12.2. The van der Waals surface area contributed by atoms with Crippen molar-refractivity contribution in [1.29, 1.82) is 0 Å². The molecule has 2 N–H and O–H groups in total. The molecule has 0 radical (unpaired) electrons. The van der Waals surface area contributed by atoms with Crippen molar-refractivity contribution in [2.45, 2.75) is 13.8 Å². The summed E-state index contributed by atoms with van der Waals surface area (Å²) in [6.45, 7) is 4.12. The molecular weight excluding hydrogens is 281 g/mol. The van der Waals surface area contributed by atoms with E-state index in [0.29, 0.717) is 21.7 Å². The quantitative estimate of drug-likeness (QED) is 0.855. The van der Waals surface area contributed by atoms with E-state index in [1.54, 1.807) is 13.1 Å². The van der Waals surface area contributed by atoms with Gasteiger partial charge in [0.15, 0.2) is 5.82 Å². The van der Waals surface area contributed by atoms with E-state index >= 15 is 0 Å². The Hall–Kier alpha value is -1.45. The molecule has 0 bridgehead atoms. The molecule has 0 atom stereocenters. The second-order valence-corrected chi connectivity index (χ2v) is 5.09. The molecule has 1 aromatic carbocycles. The van der Waals surface area contributed by atoms with Crippen molar-refractivity contribution in [1.82, 2.24) is 4.98 Å². The predicted octanol–water partition coefficient (Wildman–Crippen LogP) is 4.79. The molecule has 0 spiro atoms. The van der Waals surface area contributed by atoms with Gasteiger partial charge in [0.2, 0.25) is 0 Å². The topological polar surface area (TPSA) is 37.0 Å². The fourth-order valence-corrected chi connectivity index (χ4v) is 2.24. The van der Waals surface area contributed by atoms with E-state index in [-0.39, 0.29) is 0 Å². The van der Waals surface area contributed by atoms with Gasteiger partial charge in [-0.05, 0) is 37.1 Å². The molecule has 0 fully saturated rings. The second kappa shape index (κ2) is 5.68. The summed E-state index contributed by atoms with van der Waals surface area (Å²) in [6, 6.07) is 7.73. The van der Waals surface area contributed by atoms with Crippen LogP contribution in [0.25, 0.3) is 0 Å². The molecule has 0 aliphatic rings. The summed E-state index contributed by atoms with van der Waals surface area (Å²) in [5.74, 6) is 1.18. The summed E-state index contributed by atoms with van der Waals surface area (Å²) in [4.78, 5) is 4.37. The van der Waals surface area contributed by atoms with Crippen molar-refractivity contribution < 1.29 is 0 Å². The minimum atomic E-state index is 0.491. The Morgan fingerprint density at radius 3 is 2.42 bits per heavy atom. The maximum atomic E-state index is 6.16. The summed E-state index contributed by atoms with van der Waals surface area (Å²) in [7, 11) is 1.77. The maximum Gasteiger partial charge on any atom is 0.151 e. The van der Waals surface area contributed by atoms with Gasteiger partial charge in [0, 0.05) is 12.7 Å². The normalized spacial score (nSPS) is 10.4. The lowest BCUT2D eigenvalue weighted by Crippen LogP contribution is -2.01. The highest BCUT2D eigenvalue weighted by molar-refractivity contribution is 6.37. The van der Waals surface area contributed by atoms with E-state index in [2.05, 4.69) is 35.5 Å². The first-order chi connectivity index (χ1) is 9.02. The van der Waals surface area contributed by atoms with Crippen LogP contribution in [0, 0.1) is 13.8 Å². The number of halogens is 2. The standard InChI is InChI=1S/C14H15Cl2N3/c1-8-5-4-6-12(9(8)2)18-14-11(16)7-10(15)13(17-3)19-14/h4-7H,1-3H3,(H2,17,18,19). The average Bonchev–Trinajstić information content (AvgIpc) is 2.38. The van der Waals surface area contributed by atoms with Crippen LogP contribution >= 0.6 is 23.2 Å². The van der Waals surface area contributed by atoms with Crippen LogP contribution in [0.2, 0.25) is 10.0 Å². The SMILES string of the molecule is CNc1nc(Nc2cccc(C)c2C)c(Cl)cc1Cl. The van der Waals surface area contributed by atoms with E-state index in [0.717, 1.165) is 5.69 Å². The highest BCUT2D eigenvalue weighted by Gasteiger charge is 2.10. The Balaban J connectivity index is 2.41. The number of anilines is 3. The van der Waals surface area contributed by atoms with Gasteiger partial charge in [0.25, 0.3) is 0 Å². The molecule has 1 heterocycles. The second-order valence-electron chi connectivity index (χ2n) is 4.27. The van der Waals surface area contributed by atoms with Gasteiger partial charge >= 0.3 is 0 Å². The number of aryl methyl sites for hydroxylation is 1. The third-order valence-corrected chi connectivity index (χ3v) is 3.60. The Morgan fingerprint density at radius 2 is 1.74 bits per heavy atom. The number of nitrogens with one attached hydrogen (secondary N) is 2. The van der Waals surface area contributed by atoms with Gasteiger partial charge in [-0.25, -0.2) is 4.98 Å². The van der Waals surface area contributed by atoms with Crippen LogP contribution in [0.1, 0.15) is 11.1 Å². The molecule has 0 amide bonds. The molecule has 1 aromatic heterocycles. The lowest BCUT2D eigenvalue weighted by atomic mass is 10.1. The largest absolute Gasteiger partial charge is 0.372 e. The predicted molar refractivity (Wildman–Crippen MR) is 83.0 cm³/mol. The number of nitrogens with zero attached hydrogens (tertiary/aromatic N) is 1. The first-order valence-electron chi connectivity index (χ1n) is 5.90. The van der Waals surface area contributed by atoms with Gasteiger partial charge < -0.3 is 10.6 Å². The Morgan fingerprint density at radius 1 is 1.05 bits per heavy atom. The smallest absolute Gasteiger partial charge is 0.151 e. The van der Waals surface area contributed by atoms with Crippen LogP contribution in [-0.2, 0) is 0 Å². The number of aromatic nitrogens is 1. The van der Waals surface area contributed by atoms with Crippen LogP contribution in [-0.4, -0.2) is 12.0 Å². The lowest BCUT2D eigenvalue weighted by molar-refractivity contribution is 1.26. The van der Waals surface area contributed by atoms with Gasteiger partial charge in [-0.1, -0.05) is 35.3 Å². The zero-order valence-electron chi connectivity index (χ0n) is 11.0. The molecule has 3 nitrogen and oxygen atoms in total. The summed E-state index contributed by atoms with van der Waals surface area (Å²) in [5, 5.41) is 7.16. The summed E-state index contributed by atoms with van der Waals surface area (Å²) in [5.41, 5.74) is 3.36. The summed E-state index contributed by atoms with van der Waals surface area (Å²) < 4.78 is 0. The van der Waals surface area contributed by atoms with Crippen LogP contribution in [0.3, 0.4) is 0 Å². The summed E-state index contributed by atoms with van der Waals surface area (Å²) in [6.07, 6.45) is 0. The molecule has 0 aliphatic heterocycles. The van der Waals surface area contributed by atoms with E-state index < -0.39 is 0 Å². The van der Waals surface area contributed by atoms with Crippen LogP contribution in [0.5, 0.6) is 0 Å². The van der Waals surface area contributed by atoms with Crippen molar-refractivity contribution in [3.8, 4) is 0 Å². The minimum absolute atomic E-state index is 0.491. The molecule has 0 saturated heterocycles. The van der Waals surface area contributed by atoms with Gasteiger partial charge in [0.1, 0.15) is 5.82 Å². The maximum absolute atomic E-state index is 6.16. The number of rotatable bonds is 3. The van der Waals surface area contributed by atoms with Gasteiger partial charge in [-0.15, -0.1) is 0 Å². The van der Waals surface area contributed by atoms with Crippen molar-refractivity contribution in [3.05, 3.63) is 45.4 Å². The molecule has 2 aromatic rings. The third kappa shape index (κ3) is 2.94. The zero-order chi connectivity index (χ0) is 14.0. The Labute approximate surface area is 123 Å². The molecule has 0 saturated carbocycles. The zero-order valence-corrected chi connectivity index (χ0v) is 12.5. The van der Waals surface area contributed by atoms with E-state index in [1.165, 1.54) is 11.1 Å². The van der Waals surface area contributed by atoms with Crippen LogP contribution < -0.4 is 10.6 Å². The van der Waals surface area contributed by atoms with E-state index in [9.17, 15) is 0 Å². The molecule has 5 heteroatoms. The molecule has 19 heavy (non-hydrogen) atoms. The van der Waals surface area contributed by atoms with E-state index in [4.69, 9.17) is 23.2 Å². The fourth-order valence-electron chi connectivity index (χ4n) is 1.74. The Kier molecular flexibility index (Phi) is 4.17. The highest BCUT2D eigenvalue weighted by atomic mass is 35.5. The molecule has 0 unspecified atom stereocenters. The van der Waals surface area contributed by atoms with Gasteiger partial charge in [0.05, 0.1) is 10.0 Å². The van der Waals surface area contributed by atoms with Gasteiger partial charge in [-0.3, -0.25) is 0 Å².